The number of aliphatic carboxylic acids is 1. The fraction of sp³-hybridized carbons (Fsp3) is 0.531. The van der Waals surface area contributed by atoms with E-state index in [9.17, 15) is 48.3 Å². The maximum Gasteiger partial charge on any atom is 0.326 e. The molecule has 1 saturated heterocycles. The molecular weight excluding hydrogens is 670 g/mol. The van der Waals surface area contributed by atoms with Gasteiger partial charge in [-0.05, 0) is 44.7 Å². The summed E-state index contributed by atoms with van der Waals surface area (Å²) in [4.78, 5) is 114. The third-order valence-corrected chi connectivity index (χ3v) is 7.61. The predicted molar refractivity (Wildman–Crippen MR) is 180 cm³/mol. The summed E-state index contributed by atoms with van der Waals surface area (Å²) >= 11 is 0. The summed E-state index contributed by atoms with van der Waals surface area (Å²) in [5.74, 6) is -7.04. The number of nitrogens with two attached hydrogens (primary N) is 1. The molecule has 0 saturated carbocycles. The van der Waals surface area contributed by atoms with Gasteiger partial charge in [-0.3, -0.25) is 38.4 Å². The molecular formula is C32H47N9O10. The van der Waals surface area contributed by atoms with Crippen LogP contribution in [0.5, 0.6) is 0 Å². The van der Waals surface area contributed by atoms with Crippen molar-refractivity contribution in [1.29, 1.82) is 0 Å². The quantitative estimate of drug-likeness (QED) is 0.124. The Morgan fingerprint density at radius 3 is 2.18 bits per heavy atom. The maximum atomic E-state index is 13.5. The number of hydrogen-bond donors (Lipinski definition) is 10. The standard InChI is InChI=1S/C32H47N9O10/c1-18-28(46)40-23(32(50)51)12-14-34-25(43)10-6-9-21(38-27(45)16-35-19(2)42)30(48)39-22(11-13-33)31(49)41-24(15-20-7-4-3-5-8-20)29(47)36-17-26(44)37-18/h3-5,7-8,18,21-24H,6,9-17,33H2,1-2H3,(H,34,43)(H,35,42)(H,36,47)(H,37,44)(H,38,45)(H,39,48)(H,40,46)(H,41,49)(H,50,51)/t18-,21?,22-,23?,24?/m0/s1. The van der Waals surface area contributed by atoms with E-state index in [2.05, 4.69) is 42.5 Å². The molecule has 19 heteroatoms. The van der Waals surface area contributed by atoms with Gasteiger partial charge < -0.3 is 53.4 Å². The SMILES string of the molecule is CC(=O)NCC(=O)NC1CCCC(=O)NCCC(C(=O)O)NC(=O)[C@H](C)NC(=O)CNC(=O)C(Cc2ccccc2)NC(=O)[C@H](CCN)NC1=O. The molecule has 0 spiro atoms. The first-order chi connectivity index (χ1) is 24.2. The third kappa shape index (κ3) is 15.7. The summed E-state index contributed by atoms with van der Waals surface area (Å²) < 4.78 is 0. The molecule has 8 amide bonds. The second kappa shape index (κ2) is 21.5. The molecule has 2 rings (SSSR count). The Kier molecular flexibility index (Phi) is 17.5. The number of amides is 8. The molecule has 3 unspecified atom stereocenters. The number of carbonyl (C=O) groups is 9. The molecule has 1 heterocycles. The van der Waals surface area contributed by atoms with Gasteiger partial charge in [0.2, 0.25) is 47.3 Å². The lowest BCUT2D eigenvalue weighted by molar-refractivity contribution is -0.142. The number of carbonyl (C=O) groups excluding carboxylic acids is 8. The van der Waals surface area contributed by atoms with Gasteiger partial charge in [0, 0.05) is 26.3 Å². The van der Waals surface area contributed by atoms with E-state index in [1.165, 1.54) is 13.8 Å². The Balaban J connectivity index is 2.38. The lowest BCUT2D eigenvalue weighted by atomic mass is 10.0. The Bertz CT molecular complexity index is 1430. The smallest absolute Gasteiger partial charge is 0.326 e. The van der Waals surface area contributed by atoms with Crippen LogP contribution in [0.2, 0.25) is 0 Å². The van der Waals surface area contributed by atoms with E-state index < -0.39 is 96.5 Å². The van der Waals surface area contributed by atoms with Crippen LogP contribution in [0, 0.1) is 0 Å². The Morgan fingerprint density at radius 2 is 1.53 bits per heavy atom. The Labute approximate surface area is 294 Å². The number of hydrogen-bond acceptors (Lipinski definition) is 10. The molecule has 5 atom stereocenters. The lowest BCUT2D eigenvalue weighted by Crippen LogP contribution is -2.58. The van der Waals surface area contributed by atoms with Gasteiger partial charge in [0.05, 0.1) is 13.1 Å². The van der Waals surface area contributed by atoms with Gasteiger partial charge in [0.1, 0.15) is 30.2 Å². The molecule has 1 aromatic carbocycles. The monoisotopic (exact) mass is 717 g/mol. The minimum atomic E-state index is -1.41. The molecule has 1 aromatic rings. The van der Waals surface area contributed by atoms with Crippen LogP contribution in [0.25, 0.3) is 0 Å². The highest BCUT2D eigenvalue weighted by atomic mass is 16.4. The van der Waals surface area contributed by atoms with Crippen molar-refractivity contribution in [1.82, 2.24) is 42.5 Å². The van der Waals surface area contributed by atoms with Crippen LogP contribution < -0.4 is 48.3 Å². The van der Waals surface area contributed by atoms with Crippen LogP contribution in [0.4, 0.5) is 0 Å². The van der Waals surface area contributed by atoms with E-state index in [4.69, 9.17) is 5.73 Å². The van der Waals surface area contributed by atoms with Crippen molar-refractivity contribution in [2.45, 2.75) is 82.6 Å². The minimum absolute atomic E-state index is 0.0113. The largest absolute Gasteiger partial charge is 0.480 e. The van der Waals surface area contributed by atoms with Gasteiger partial charge in [-0.15, -0.1) is 0 Å². The average molecular weight is 718 g/mol. The van der Waals surface area contributed by atoms with Gasteiger partial charge >= 0.3 is 5.97 Å². The molecule has 1 aliphatic heterocycles. The average Bonchev–Trinajstić information content (AvgIpc) is 3.08. The fourth-order valence-electron chi connectivity index (χ4n) is 4.87. The highest BCUT2D eigenvalue weighted by Gasteiger charge is 2.30. The predicted octanol–water partition coefficient (Wildman–Crippen LogP) is -3.95. The van der Waals surface area contributed by atoms with Crippen LogP contribution in [0.15, 0.2) is 30.3 Å². The Hall–Kier alpha value is -5.59. The number of nitrogens with one attached hydrogen (secondary N) is 8. The van der Waals surface area contributed by atoms with E-state index in [1.54, 1.807) is 30.3 Å². The summed E-state index contributed by atoms with van der Waals surface area (Å²) in [6, 6.07) is 2.27. The summed E-state index contributed by atoms with van der Waals surface area (Å²) in [6.07, 6.45) is -0.419. The zero-order chi connectivity index (χ0) is 37.9. The van der Waals surface area contributed by atoms with Crippen LogP contribution in [-0.4, -0.2) is 115 Å². The Morgan fingerprint density at radius 1 is 0.843 bits per heavy atom. The highest BCUT2D eigenvalue weighted by molar-refractivity contribution is 5.96. The maximum absolute atomic E-state index is 13.5. The third-order valence-electron chi connectivity index (χ3n) is 7.61. The number of benzene rings is 1. The van der Waals surface area contributed by atoms with Crippen molar-refractivity contribution < 1.29 is 48.3 Å². The second-order valence-corrected chi connectivity index (χ2v) is 11.9. The molecule has 1 aliphatic rings. The van der Waals surface area contributed by atoms with Crippen LogP contribution in [0.3, 0.4) is 0 Å². The summed E-state index contributed by atoms with van der Waals surface area (Å²) in [5, 5.41) is 29.1. The first kappa shape index (κ1) is 41.6. The van der Waals surface area contributed by atoms with Gasteiger partial charge in [-0.2, -0.15) is 0 Å². The highest BCUT2D eigenvalue weighted by Crippen LogP contribution is 2.07. The van der Waals surface area contributed by atoms with Crippen molar-refractivity contribution in [3.8, 4) is 0 Å². The van der Waals surface area contributed by atoms with Gasteiger partial charge in [0.25, 0.3) is 0 Å². The molecule has 19 nitrogen and oxygen atoms in total. The van der Waals surface area contributed by atoms with Crippen molar-refractivity contribution in [3.05, 3.63) is 35.9 Å². The zero-order valence-electron chi connectivity index (χ0n) is 28.5. The van der Waals surface area contributed by atoms with Crippen molar-refractivity contribution >= 4 is 53.2 Å². The van der Waals surface area contributed by atoms with Crippen LogP contribution >= 0.6 is 0 Å². The molecule has 0 aromatic heterocycles. The molecule has 1 fully saturated rings. The van der Waals surface area contributed by atoms with Crippen LogP contribution in [-0.2, 0) is 49.6 Å². The summed E-state index contributed by atoms with van der Waals surface area (Å²) in [5.41, 5.74) is 6.39. The van der Waals surface area contributed by atoms with Crippen molar-refractivity contribution in [2.75, 3.05) is 26.2 Å². The van der Waals surface area contributed by atoms with E-state index in [0.29, 0.717) is 5.56 Å². The molecule has 11 N–H and O–H groups in total. The number of rotatable bonds is 8. The fourth-order valence-corrected chi connectivity index (χ4v) is 4.87. The topological polar surface area (TPSA) is 296 Å². The summed E-state index contributed by atoms with van der Waals surface area (Å²) in [6.45, 7) is 1.28. The normalized spacial score (nSPS) is 23.5. The number of carboxylic acids is 1. The molecule has 51 heavy (non-hydrogen) atoms. The van der Waals surface area contributed by atoms with E-state index in [1.807, 2.05) is 0 Å². The van der Waals surface area contributed by atoms with Gasteiger partial charge in [-0.1, -0.05) is 30.3 Å². The second-order valence-electron chi connectivity index (χ2n) is 11.9. The number of carboxylic acid groups (broad SMARTS) is 1. The molecule has 0 bridgehead atoms. The van der Waals surface area contributed by atoms with Crippen molar-refractivity contribution in [2.24, 2.45) is 5.73 Å². The molecule has 280 valence electrons. The zero-order valence-corrected chi connectivity index (χ0v) is 28.5. The van der Waals surface area contributed by atoms with Gasteiger partial charge in [-0.25, -0.2) is 4.79 Å². The molecule has 0 radical (unpaired) electrons. The van der Waals surface area contributed by atoms with Gasteiger partial charge in [0.15, 0.2) is 0 Å². The summed E-state index contributed by atoms with van der Waals surface area (Å²) in [7, 11) is 0. The first-order valence-corrected chi connectivity index (χ1v) is 16.5. The van der Waals surface area contributed by atoms with Crippen molar-refractivity contribution in [3.63, 3.8) is 0 Å². The molecule has 0 aliphatic carbocycles. The minimum Gasteiger partial charge on any atom is -0.480 e. The van der Waals surface area contributed by atoms with Crippen LogP contribution in [0.1, 0.15) is 51.5 Å². The first-order valence-electron chi connectivity index (χ1n) is 16.5. The van der Waals surface area contributed by atoms with E-state index in [0.717, 1.165) is 0 Å². The van der Waals surface area contributed by atoms with E-state index in [-0.39, 0.29) is 51.6 Å². The van der Waals surface area contributed by atoms with E-state index >= 15 is 0 Å². The lowest BCUT2D eigenvalue weighted by Gasteiger charge is -2.25.